The minimum absolute atomic E-state index is 0.0160. The fourth-order valence-corrected chi connectivity index (χ4v) is 3.66. The Hall–Kier alpha value is -1.43. The topological polar surface area (TPSA) is 70.5 Å². The number of carbonyl (C=O) groups is 2. The molecule has 0 spiro atoms. The van der Waals surface area contributed by atoms with Gasteiger partial charge in [0.2, 0.25) is 5.01 Å². The molecule has 2 aliphatic rings. The number of hydrogen-bond acceptors (Lipinski definition) is 4. The van der Waals surface area contributed by atoms with Crippen LogP contribution in [0.4, 0.5) is 0 Å². The number of aromatic nitrogens is 1. The zero-order valence-corrected chi connectivity index (χ0v) is 10.7. The number of thiazole rings is 1. The van der Waals surface area contributed by atoms with Gasteiger partial charge >= 0.3 is 5.97 Å². The minimum Gasteiger partial charge on any atom is -0.476 e. The van der Waals surface area contributed by atoms with Crippen LogP contribution in [0.3, 0.4) is 0 Å². The van der Waals surface area contributed by atoms with Crippen molar-refractivity contribution in [3.63, 3.8) is 0 Å². The van der Waals surface area contributed by atoms with Gasteiger partial charge in [0.1, 0.15) is 5.69 Å². The van der Waals surface area contributed by atoms with Crippen molar-refractivity contribution in [3.8, 4) is 0 Å². The quantitative estimate of drug-likeness (QED) is 0.884. The fraction of sp³-hybridized carbons (Fsp3) is 0.583. The highest BCUT2D eigenvalue weighted by molar-refractivity contribution is 7.11. The van der Waals surface area contributed by atoms with E-state index in [1.54, 1.807) is 5.38 Å². The number of hydrogen-bond donors (Lipinski definition) is 1. The Labute approximate surface area is 108 Å². The van der Waals surface area contributed by atoms with Gasteiger partial charge in [-0.1, -0.05) is 6.42 Å². The second kappa shape index (κ2) is 4.35. The molecule has 2 unspecified atom stereocenters. The molecule has 1 aromatic heterocycles. The largest absolute Gasteiger partial charge is 0.476 e. The van der Waals surface area contributed by atoms with Crippen LogP contribution in [0.15, 0.2) is 5.38 Å². The van der Waals surface area contributed by atoms with Crippen LogP contribution in [-0.2, 0) is 0 Å². The standard InChI is InChI=1S/C12H14N2O3S/c15-11(9-6-18-10(13-9)12(16)17)14-4-7-2-1-3-8(7)5-14/h6-8H,1-5H2,(H,16,17). The molecule has 18 heavy (non-hydrogen) atoms. The number of aromatic carboxylic acids is 1. The van der Waals surface area contributed by atoms with E-state index in [4.69, 9.17) is 5.11 Å². The molecule has 2 fully saturated rings. The second-order valence-electron chi connectivity index (χ2n) is 5.00. The summed E-state index contributed by atoms with van der Waals surface area (Å²) in [7, 11) is 0. The van der Waals surface area contributed by atoms with Crippen molar-refractivity contribution in [2.45, 2.75) is 19.3 Å². The van der Waals surface area contributed by atoms with Crippen LogP contribution in [0.2, 0.25) is 0 Å². The Morgan fingerprint density at radius 1 is 1.33 bits per heavy atom. The molecule has 0 bridgehead atoms. The van der Waals surface area contributed by atoms with Gasteiger partial charge in [-0.05, 0) is 24.7 Å². The Bertz CT molecular complexity index is 487. The van der Waals surface area contributed by atoms with Crippen LogP contribution >= 0.6 is 11.3 Å². The summed E-state index contributed by atoms with van der Waals surface area (Å²) in [4.78, 5) is 28.6. The molecular weight excluding hydrogens is 252 g/mol. The lowest BCUT2D eigenvalue weighted by molar-refractivity contribution is 0.0696. The summed E-state index contributed by atoms with van der Waals surface area (Å²) >= 11 is 1.01. The monoisotopic (exact) mass is 266 g/mol. The summed E-state index contributed by atoms with van der Waals surface area (Å²) in [5.74, 6) is 0.101. The molecule has 0 aromatic carbocycles. The first kappa shape index (κ1) is 11.6. The molecular formula is C12H14N2O3S. The second-order valence-corrected chi connectivity index (χ2v) is 5.86. The number of rotatable bonds is 2. The SMILES string of the molecule is O=C(O)c1nc(C(=O)N2CC3CCCC3C2)cs1. The number of likely N-dealkylation sites (tertiary alicyclic amines) is 1. The van der Waals surface area contributed by atoms with Crippen molar-refractivity contribution in [3.05, 3.63) is 16.1 Å². The van der Waals surface area contributed by atoms with Crippen LogP contribution in [0.25, 0.3) is 0 Å². The third kappa shape index (κ3) is 1.90. The minimum atomic E-state index is -1.07. The molecule has 0 radical (unpaired) electrons. The Kier molecular flexibility index (Phi) is 2.81. The summed E-state index contributed by atoms with van der Waals surface area (Å²) in [5.41, 5.74) is 0.275. The lowest BCUT2D eigenvalue weighted by Crippen LogP contribution is -2.29. The van der Waals surface area contributed by atoms with Crippen LogP contribution < -0.4 is 0 Å². The van der Waals surface area contributed by atoms with Crippen molar-refractivity contribution in [1.29, 1.82) is 0 Å². The zero-order valence-electron chi connectivity index (χ0n) is 9.83. The maximum Gasteiger partial charge on any atom is 0.365 e. The molecule has 1 saturated heterocycles. The first-order valence-corrected chi connectivity index (χ1v) is 7.01. The number of fused-ring (bicyclic) bond motifs is 1. The van der Waals surface area contributed by atoms with E-state index in [-0.39, 0.29) is 16.6 Å². The van der Waals surface area contributed by atoms with Gasteiger partial charge in [-0.2, -0.15) is 0 Å². The van der Waals surface area contributed by atoms with Gasteiger partial charge in [0.05, 0.1) is 0 Å². The van der Waals surface area contributed by atoms with E-state index in [0.717, 1.165) is 24.4 Å². The molecule has 96 valence electrons. The zero-order chi connectivity index (χ0) is 12.7. The Morgan fingerprint density at radius 2 is 2.00 bits per heavy atom. The van der Waals surface area contributed by atoms with Gasteiger partial charge in [0.15, 0.2) is 0 Å². The van der Waals surface area contributed by atoms with Gasteiger partial charge in [-0.3, -0.25) is 4.79 Å². The predicted octanol–water partition coefficient (Wildman–Crippen LogP) is 1.71. The van der Waals surface area contributed by atoms with E-state index in [2.05, 4.69) is 4.98 Å². The molecule has 1 saturated carbocycles. The molecule has 1 amide bonds. The number of amides is 1. The Morgan fingerprint density at radius 3 is 2.56 bits per heavy atom. The number of carboxylic acid groups (broad SMARTS) is 1. The van der Waals surface area contributed by atoms with Crippen LogP contribution in [0.1, 0.15) is 39.6 Å². The van der Waals surface area contributed by atoms with Crippen molar-refractivity contribution < 1.29 is 14.7 Å². The van der Waals surface area contributed by atoms with Crippen LogP contribution in [0.5, 0.6) is 0 Å². The van der Waals surface area contributed by atoms with E-state index in [1.165, 1.54) is 19.3 Å². The predicted molar refractivity (Wildman–Crippen MR) is 65.8 cm³/mol. The summed E-state index contributed by atoms with van der Waals surface area (Å²) in [5, 5.41) is 10.3. The molecule has 1 aromatic rings. The molecule has 1 aliphatic carbocycles. The highest BCUT2D eigenvalue weighted by atomic mass is 32.1. The van der Waals surface area contributed by atoms with Crippen LogP contribution in [-0.4, -0.2) is 40.0 Å². The fourth-order valence-electron chi connectivity index (χ4n) is 3.03. The molecule has 5 nitrogen and oxygen atoms in total. The van der Waals surface area contributed by atoms with E-state index in [0.29, 0.717) is 11.8 Å². The molecule has 3 rings (SSSR count). The van der Waals surface area contributed by atoms with E-state index >= 15 is 0 Å². The van der Waals surface area contributed by atoms with Gasteiger partial charge < -0.3 is 10.0 Å². The van der Waals surface area contributed by atoms with E-state index in [9.17, 15) is 9.59 Å². The van der Waals surface area contributed by atoms with Crippen molar-refractivity contribution in [2.75, 3.05) is 13.1 Å². The normalized spacial score (nSPS) is 26.3. The smallest absolute Gasteiger partial charge is 0.365 e. The van der Waals surface area contributed by atoms with Crippen LogP contribution in [0, 0.1) is 11.8 Å². The van der Waals surface area contributed by atoms with Gasteiger partial charge in [-0.25, -0.2) is 9.78 Å². The lowest BCUT2D eigenvalue weighted by Gasteiger charge is -2.15. The molecule has 1 aliphatic heterocycles. The number of nitrogens with zero attached hydrogens (tertiary/aromatic N) is 2. The first-order valence-electron chi connectivity index (χ1n) is 6.13. The highest BCUT2D eigenvalue weighted by Crippen LogP contribution is 2.38. The first-order chi connectivity index (χ1) is 8.65. The summed E-state index contributed by atoms with van der Waals surface area (Å²) in [6.45, 7) is 1.62. The average molecular weight is 266 g/mol. The summed E-state index contributed by atoms with van der Waals surface area (Å²) < 4.78 is 0. The third-order valence-corrected chi connectivity index (χ3v) is 4.75. The lowest BCUT2D eigenvalue weighted by atomic mass is 10.0. The summed E-state index contributed by atoms with van der Waals surface area (Å²) in [6.07, 6.45) is 3.70. The van der Waals surface area contributed by atoms with E-state index in [1.807, 2.05) is 4.90 Å². The van der Waals surface area contributed by atoms with Crippen molar-refractivity contribution in [2.24, 2.45) is 11.8 Å². The highest BCUT2D eigenvalue weighted by Gasteiger charge is 2.38. The van der Waals surface area contributed by atoms with Gasteiger partial charge in [0, 0.05) is 18.5 Å². The average Bonchev–Trinajstić information content (AvgIpc) is 3.02. The van der Waals surface area contributed by atoms with Crippen molar-refractivity contribution >= 4 is 23.2 Å². The maximum atomic E-state index is 12.2. The molecule has 2 heterocycles. The van der Waals surface area contributed by atoms with E-state index < -0.39 is 5.97 Å². The van der Waals surface area contributed by atoms with Gasteiger partial charge in [-0.15, -0.1) is 11.3 Å². The van der Waals surface area contributed by atoms with Crippen molar-refractivity contribution in [1.82, 2.24) is 9.88 Å². The number of carbonyl (C=O) groups excluding carboxylic acids is 1. The Balaban J connectivity index is 1.72. The molecule has 6 heteroatoms. The third-order valence-electron chi connectivity index (χ3n) is 3.92. The molecule has 2 atom stereocenters. The van der Waals surface area contributed by atoms with Gasteiger partial charge in [0.25, 0.3) is 5.91 Å². The number of carboxylic acids is 1. The summed E-state index contributed by atoms with van der Waals surface area (Å²) in [6, 6.07) is 0. The molecule has 1 N–H and O–H groups in total. The maximum absolute atomic E-state index is 12.2.